The highest BCUT2D eigenvalue weighted by atomic mass is 19.4. The molecule has 0 aromatic carbocycles. The maximum atomic E-state index is 12.7. The molecule has 3 rings (SSSR count). The number of aryl methyl sites for hydroxylation is 1. The number of alkyl halides is 3. The normalized spacial score (nSPS) is 16.7. The standard InChI is InChI=1S/C16H22F3N7/c1-2-6-26-15(21-22-23-26)12-24-7-3-8-25(10-9-24)14-5-4-13(11-20-14)16(17,18)19/h4-5,11H,2-3,6-10,12H2,1H3. The molecule has 0 saturated carbocycles. The van der Waals surface area contributed by atoms with Crippen molar-refractivity contribution in [3.8, 4) is 0 Å². The Kier molecular flexibility index (Phi) is 5.70. The van der Waals surface area contributed by atoms with Crippen LogP contribution in [0.3, 0.4) is 0 Å². The molecule has 0 unspecified atom stereocenters. The second kappa shape index (κ2) is 7.98. The quantitative estimate of drug-likeness (QED) is 0.805. The summed E-state index contributed by atoms with van der Waals surface area (Å²) in [4.78, 5) is 8.29. The smallest absolute Gasteiger partial charge is 0.355 e. The summed E-state index contributed by atoms with van der Waals surface area (Å²) >= 11 is 0. The van der Waals surface area contributed by atoms with Gasteiger partial charge in [-0.1, -0.05) is 6.92 Å². The SMILES string of the molecule is CCCn1nnnc1CN1CCCN(c2ccc(C(F)(F)F)cn2)CC1. The number of rotatable bonds is 5. The molecular weight excluding hydrogens is 347 g/mol. The van der Waals surface area contributed by atoms with Crippen LogP contribution in [0.25, 0.3) is 0 Å². The van der Waals surface area contributed by atoms with Gasteiger partial charge in [0.1, 0.15) is 5.82 Å². The predicted molar refractivity (Wildman–Crippen MR) is 89.5 cm³/mol. The molecule has 0 bridgehead atoms. The number of tetrazole rings is 1. The Morgan fingerprint density at radius 1 is 1.12 bits per heavy atom. The second-order valence-electron chi connectivity index (χ2n) is 6.34. The first-order valence-corrected chi connectivity index (χ1v) is 8.73. The minimum atomic E-state index is -4.36. The van der Waals surface area contributed by atoms with E-state index in [1.807, 2.05) is 9.58 Å². The van der Waals surface area contributed by atoms with E-state index in [4.69, 9.17) is 0 Å². The first-order chi connectivity index (χ1) is 12.5. The lowest BCUT2D eigenvalue weighted by Crippen LogP contribution is -2.31. The van der Waals surface area contributed by atoms with Crippen LogP contribution in [-0.4, -0.2) is 56.3 Å². The molecular formula is C16H22F3N7. The maximum absolute atomic E-state index is 12.7. The van der Waals surface area contributed by atoms with Crippen LogP contribution < -0.4 is 4.90 Å². The molecule has 1 fully saturated rings. The Morgan fingerprint density at radius 3 is 2.65 bits per heavy atom. The number of hydrogen-bond donors (Lipinski definition) is 0. The van der Waals surface area contributed by atoms with Gasteiger partial charge in [-0.25, -0.2) is 9.67 Å². The second-order valence-corrected chi connectivity index (χ2v) is 6.34. The first-order valence-electron chi connectivity index (χ1n) is 8.73. The van der Waals surface area contributed by atoms with E-state index in [0.29, 0.717) is 18.9 Å². The predicted octanol–water partition coefficient (Wildman–Crippen LogP) is 2.21. The van der Waals surface area contributed by atoms with Crippen LogP contribution in [0.4, 0.5) is 19.0 Å². The minimum Gasteiger partial charge on any atom is -0.355 e. The number of anilines is 1. The van der Waals surface area contributed by atoms with Gasteiger partial charge >= 0.3 is 6.18 Å². The molecule has 0 atom stereocenters. The van der Waals surface area contributed by atoms with Gasteiger partial charge in [0.05, 0.1) is 12.1 Å². The molecule has 1 aliphatic rings. The summed E-state index contributed by atoms with van der Waals surface area (Å²) in [6.45, 7) is 6.66. The topological polar surface area (TPSA) is 63.0 Å². The van der Waals surface area contributed by atoms with Gasteiger partial charge in [-0.15, -0.1) is 5.10 Å². The van der Waals surface area contributed by atoms with Crippen molar-refractivity contribution < 1.29 is 13.2 Å². The van der Waals surface area contributed by atoms with Crippen molar-refractivity contribution in [2.24, 2.45) is 0 Å². The highest BCUT2D eigenvalue weighted by Crippen LogP contribution is 2.29. The molecule has 0 spiro atoms. The van der Waals surface area contributed by atoms with Crippen LogP contribution >= 0.6 is 0 Å². The molecule has 2 aromatic heterocycles. The van der Waals surface area contributed by atoms with Crippen LogP contribution in [0.15, 0.2) is 18.3 Å². The number of pyridine rings is 1. The zero-order chi connectivity index (χ0) is 18.6. The Bertz CT molecular complexity index is 699. The number of hydrogen-bond acceptors (Lipinski definition) is 6. The Labute approximate surface area is 149 Å². The molecule has 0 aliphatic carbocycles. The van der Waals surface area contributed by atoms with Gasteiger partial charge in [0.25, 0.3) is 0 Å². The van der Waals surface area contributed by atoms with E-state index < -0.39 is 11.7 Å². The van der Waals surface area contributed by atoms with Gasteiger partial charge in [0, 0.05) is 38.9 Å². The third kappa shape index (κ3) is 4.48. The van der Waals surface area contributed by atoms with E-state index in [0.717, 1.165) is 57.1 Å². The van der Waals surface area contributed by atoms with E-state index in [2.05, 4.69) is 32.3 Å². The van der Waals surface area contributed by atoms with Crippen LogP contribution in [-0.2, 0) is 19.3 Å². The molecule has 10 heteroatoms. The minimum absolute atomic E-state index is 0.579. The zero-order valence-electron chi connectivity index (χ0n) is 14.7. The highest BCUT2D eigenvalue weighted by Gasteiger charge is 2.31. The molecule has 2 aromatic rings. The first kappa shape index (κ1) is 18.6. The number of nitrogens with zero attached hydrogens (tertiary/aromatic N) is 7. The van der Waals surface area contributed by atoms with Crippen LogP contribution in [0.2, 0.25) is 0 Å². The van der Waals surface area contributed by atoms with Crippen molar-refractivity contribution in [3.05, 3.63) is 29.7 Å². The van der Waals surface area contributed by atoms with Crippen molar-refractivity contribution in [3.63, 3.8) is 0 Å². The van der Waals surface area contributed by atoms with Gasteiger partial charge in [-0.05, 0) is 35.4 Å². The molecule has 3 heterocycles. The third-order valence-corrected chi connectivity index (χ3v) is 4.39. The van der Waals surface area contributed by atoms with E-state index in [1.165, 1.54) is 6.07 Å². The molecule has 1 saturated heterocycles. The van der Waals surface area contributed by atoms with Gasteiger partial charge < -0.3 is 4.90 Å². The van der Waals surface area contributed by atoms with Crippen LogP contribution in [0.5, 0.6) is 0 Å². The van der Waals surface area contributed by atoms with Crippen molar-refractivity contribution in [2.75, 3.05) is 31.1 Å². The van der Waals surface area contributed by atoms with E-state index >= 15 is 0 Å². The van der Waals surface area contributed by atoms with Gasteiger partial charge in [-0.3, -0.25) is 4.90 Å². The fraction of sp³-hybridized carbons (Fsp3) is 0.625. The van der Waals surface area contributed by atoms with E-state index in [1.54, 1.807) is 0 Å². The van der Waals surface area contributed by atoms with Crippen LogP contribution in [0, 0.1) is 0 Å². The fourth-order valence-electron chi connectivity index (χ4n) is 3.02. The van der Waals surface area contributed by atoms with Crippen LogP contribution in [0.1, 0.15) is 31.2 Å². The Balaban J connectivity index is 1.60. The Hall–Kier alpha value is -2.23. The summed E-state index contributed by atoms with van der Waals surface area (Å²) < 4.78 is 39.8. The van der Waals surface area contributed by atoms with Gasteiger partial charge in [-0.2, -0.15) is 13.2 Å². The van der Waals surface area contributed by atoms with Crippen molar-refractivity contribution >= 4 is 5.82 Å². The van der Waals surface area contributed by atoms with Crippen molar-refractivity contribution in [2.45, 2.75) is 39.0 Å². The van der Waals surface area contributed by atoms with Gasteiger partial charge in [0.15, 0.2) is 5.82 Å². The molecule has 26 heavy (non-hydrogen) atoms. The number of aromatic nitrogens is 5. The fourth-order valence-corrected chi connectivity index (χ4v) is 3.02. The average molecular weight is 369 g/mol. The average Bonchev–Trinajstić information content (AvgIpc) is 2.90. The highest BCUT2D eigenvalue weighted by molar-refractivity contribution is 5.40. The molecule has 0 N–H and O–H groups in total. The molecule has 0 amide bonds. The zero-order valence-corrected chi connectivity index (χ0v) is 14.7. The lowest BCUT2D eigenvalue weighted by molar-refractivity contribution is -0.137. The summed E-state index contributed by atoms with van der Waals surface area (Å²) in [5.41, 5.74) is -0.722. The van der Waals surface area contributed by atoms with Crippen molar-refractivity contribution in [1.82, 2.24) is 30.1 Å². The molecule has 1 aliphatic heterocycles. The Morgan fingerprint density at radius 2 is 1.96 bits per heavy atom. The maximum Gasteiger partial charge on any atom is 0.417 e. The monoisotopic (exact) mass is 369 g/mol. The van der Waals surface area contributed by atoms with E-state index in [9.17, 15) is 13.2 Å². The number of halogens is 3. The lowest BCUT2D eigenvalue weighted by atomic mass is 10.2. The summed E-state index contributed by atoms with van der Waals surface area (Å²) in [5, 5.41) is 11.8. The molecule has 142 valence electrons. The summed E-state index contributed by atoms with van der Waals surface area (Å²) in [5.74, 6) is 1.42. The third-order valence-electron chi connectivity index (χ3n) is 4.39. The van der Waals surface area contributed by atoms with E-state index in [-0.39, 0.29) is 0 Å². The molecule has 7 nitrogen and oxygen atoms in total. The van der Waals surface area contributed by atoms with Gasteiger partial charge in [0.2, 0.25) is 0 Å². The van der Waals surface area contributed by atoms with Crippen molar-refractivity contribution in [1.29, 1.82) is 0 Å². The largest absolute Gasteiger partial charge is 0.417 e. The lowest BCUT2D eigenvalue weighted by Gasteiger charge is -2.22. The summed E-state index contributed by atoms with van der Waals surface area (Å²) in [7, 11) is 0. The summed E-state index contributed by atoms with van der Waals surface area (Å²) in [6.07, 6.45) is -1.59. The molecule has 0 radical (unpaired) electrons. The summed E-state index contributed by atoms with van der Waals surface area (Å²) in [6, 6.07) is 2.53.